The Hall–Kier alpha value is -2.23. The molecule has 3 rings (SSSR count). The second kappa shape index (κ2) is 5.69. The van der Waals surface area contributed by atoms with Crippen LogP contribution in [-0.4, -0.2) is 21.3 Å². The molecule has 0 fully saturated rings. The molecule has 2 aromatic rings. The van der Waals surface area contributed by atoms with Gasteiger partial charge in [0.15, 0.2) is 0 Å². The van der Waals surface area contributed by atoms with E-state index in [0.717, 1.165) is 10.5 Å². The predicted molar refractivity (Wildman–Crippen MR) is 92.1 cm³/mol. The van der Waals surface area contributed by atoms with Crippen molar-refractivity contribution in [3.05, 3.63) is 58.0 Å². The molecule has 1 aromatic heterocycles. The molecule has 2 unspecified atom stereocenters. The maximum Gasteiger partial charge on any atom is 0.249 e. The zero-order chi connectivity index (χ0) is 17.5. The summed E-state index contributed by atoms with van der Waals surface area (Å²) < 4.78 is 5.99. The van der Waals surface area contributed by atoms with Gasteiger partial charge in [0.25, 0.3) is 0 Å². The first-order valence-corrected chi connectivity index (χ1v) is 8.43. The number of aromatic nitrogens is 1. The number of fused-ring (bicyclic) bond motifs is 1. The van der Waals surface area contributed by atoms with Crippen molar-refractivity contribution in [2.45, 2.75) is 42.1 Å². The van der Waals surface area contributed by atoms with Crippen LogP contribution in [-0.2, 0) is 0 Å². The smallest absolute Gasteiger partial charge is 0.249 e. The van der Waals surface area contributed by atoms with E-state index in [4.69, 9.17) is 4.74 Å². The van der Waals surface area contributed by atoms with Crippen LogP contribution in [0.2, 0.25) is 0 Å². The Bertz CT molecular complexity index is 880. The molecule has 0 spiro atoms. The number of nitrogens with zero attached hydrogens (tertiary/aromatic N) is 1. The molecule has 0 saturated carbocycles. The van der Waals surface area contributed by atoms with Crippen molar-refractivity contribution < 1.29 is 9.84 Å². The van der Waals surface area contributed by atoms with E-state index in [2.05, 4.69) is 11.1 Å². The van der Waals surface area contributed by atoms with Gasteiger partial charge in [0.05, 0.1) is 16.9 Å². The molecule has 0 aliphatic carbocycles. The van der Waals surface area contributed by atoms with E-state index in [0.29, 0.717) is 11.3 Å². The third-order valence-corrected chi connectivity index (χ3v) is 5.99. The number of rotatable bonds is 2. The molecule has 24 heavy (non-hydrogen) atoms. The lowest BCUT2D eigenvalue weighted by Gasteiger charge is -2.49. The van der Waals surface area contributed by atoms with E-state index >= 15 is 0 Å². The minimum Gasteiger partial charge on any atom is -0.484 e. The number of hydrogen-bond donors (Lipinski definition) is 2. The van der Waals surface area contributed by atoms with Gasteiger partial charge >= 0.3 is 0 Å². The zero-order valence-electron chi connectivity index (χ0n) is 13.7. The summed E-state index contributed by atoms with van der Waals surface area (Å²) in [7, 11) is 0. The lowest BCUT2D eigenvalue weighted by atomic mass is 9.79. The first-order valence-electron chi connectivity index (χ1n) is 7.55. The number of thioether (sulfide) groups is 1. The Morgan fingerprint density at radius 1 is 1.29 bits per heavy atom. The van der Waals surface area contributed by atoms with Crippen molar-refractivity contribution in [3.63, 3.8) is 0 Å². The molecule has 0 bridgehead atoms. The van der Waals surface area contributed by atoms with Gasteiger partial charge in [0.2, 0.25) is 5.56 Å². The molecular weight excluding hydrogens is 324 g/mol. The third kappa shape index (κ3) is 2.70. The Balaban J connectivity index is 2.14. The molecular formula is C18H18N2O3S. The van der Waals surface area contributed by atoms with E-state index in [9.17, 15) is 15.2 Å². The summed E-state index contributed by atoms with van der Waals surface area (Å²) in [6.07, 6.45) is 1.58. The Kier molecular flexibility index (Phi) is 3.94. The predicted octanol–water partition coefficient (Wildman–Crippen LogP) is 3.00. The molecule has 0 saturated heterocycles. The van der Waals surface area contributed by atoms with E-state index in [1.54, 1.807) is 37.4 Å². The van der Waals surface area contributed by atoms with Crippen LogP contribution in [0.4, 0.5) is 0 Å². The van der Waals surface area contributed by atoms with Crippen LogP contribution in [0.5, 0.6) is 5.75 Å². The van der Waals surface area contributed by atoms with Gasteiger partial charge in [-0.15, -0.1) is 11.8 Å². The van der Waals surface area contributed by atoms with Gasteiger partial charge in [-0.05, 0) is 45.0 Å². The standard InChI is InChI=1S/C18H18N2O3S/c1-17(2)18(3,22)16(24-12-6-7-20-15(21)9-12)13-8-11(10-19)4-5-14(13)23-17/h4-9,16,22H,1-3H3,(H,20,21). The van der Waals surface area contributed by atoms with E-state index < -0.39 is 11.2 Å². The highest BCUT2D eigenvalue weighted by atomic mass is 32.2. The molecule has 5 nitrogen and oxygen atoms in total. The fraction of sp³-hybridized carbons (Fsp3) is 0.333. The number of pyridine rings is 1. The van der Waals surface area contributed by atoms with Crippen LogP contribution in [0, 0.1) is 11.3 Å². The molecule has 6 heteroatoms. The summed E-state index contributed by atoms with van der Waals surface area (Å²) in [6, 6.07) is 10.6. The van der Waals surface area contributed by atoms with Crippen molar-refractivity contribution >= 4 is 11.8 Å². The first kappa shape index (κ1) is 16.6. The second-order valence-electron chi connectivity index (χ2n) is 6.51. The average Bonchev–Trinajstić information content (AvgIpc) is 2.51. The maximum atomic E-state index is 11.6. The van der Waals surface area contributed by atoms with Gasteiger partial charge in [0, 0.05) is 22.7 Å². The summed E-state index contributed by atoms with van der Waals surface area (Å²) in [5.41, 5.74) is -0.973. The van der Waals surface area contributed by atoms with Gasteiger partial charge in [-0.2, -0.15) is 5.26 Å². The summed E-state index contributed by atoms with van der Waals surface area (Å²) in [4.78, 5) is 14.9. The second-order valence-corrected chi connectivity index (χ2v) is 7.69. The Labute approximate surface area is 144 Å². The highest BCUT2D eigenvalue weighted by Gasteiger charge is 2.53. The molecule has 0 radical (unpaired) electrons. The van der Waals surface area contributed by atoms with Crippen LogP contribution < -0.4 is 10.3 Å². The summed E-state index contributed by atoms with van der Waals surface area (Å²) in [5, 5.41) is 20.0. The lowest BCUT2D eigenvalue weighted by Crippen LogP contribution is -2.57. The van der Waals surface area contributed by atoms with E-state index in [1.165, 1.54) is 17.8 Å². The summed E-state index contributed by atoms with van der Waals surface area (Å²) in [5.74, 6) is 0.646. The van der Waals surface area contributed by atoms with Crippen LogP contribution >= 0.6 is 11.8 Å². The molecule has 0 amide bonds. The number of H-pyrrole nitrogens is 1. The van der Waals surface area contributed by atoms with Crippen molar-refractivity contribution in [1.82, 2.24) is 4.98 Å². The molecule has 2 heterocycles. The maximum absolute atomic E-state index is 11.6. The molecule has 124 valence electrons. The normalized spacial score (nSPS) is 24.5. The number of nitriles is 1. The van der Waals surface area contributed by atoms with Crippen molar-refractivity contribution in [3.8, 4) is 11.8 Å². The highest BCUT2D eigenvalue weighted by molar-refractivity contribution is 7.99. The quantitative estimate of drug-likeness (QED) is 0.876. The molecule has 1 aromatic carbocycles. The monoisotopic (exact) mass is 342 g/mol. The minimum atomic E-state index is -1.21. The van der Waals surface area contributed by atoms with Crippen molar-refractivity contribution in [2.24, 2.45) is 0 Å². The zero-order valence-corrected chi connectivity index (χ0v) is 14.5. The van der Waals surface area contributed by atoms with Crippen molar-refractivity contribution in [2.75, 3.05) is 0 Å². The lowest BCUT2D eigenvalue weighted by molar-refractivity contribution is -0.117. The summed E-state index contributed by atoms with van der Waals surface area (Å²) >= 11 is 1.39. The Morgan fingerprint density at radius 2 is 2.04 bits per heavy atom. The van der Waals surface area contributed by atoms with Gasteiger partial charge < -0.3 is 14.8 Å². The minimum absolute atomic E-state index is 0.197. The van der Waals surface area contributed by atoms with Gasteiger partial charge in [0.1, 0.15) is 17.0 Å². The van der Waals surface area contributed by atoms with Gasteiger partial charge in [-0.1, -0.05) is 0 Å². The van der Waals surface area contributed by atoms with E-state index in [-0.39, 0.29) is 10.8 Å². The fourth-order valence-electron chi connectivity index (χ4n) is 2.73. The molecule has 1 aliphatic rings. The number of aromatic amines is 1. The van der Waals surface area contributed by atoms with Crippen LogP contribution in [0.15, 0.2) is 46.2 Å². The number of ether oxygens (including phenoxy) is 1. The molecule has 2 atom stereocenters. The molecule has 1 aliphatic heterocycles. The number of aliphatic hydroxyl groups is 1. The SMILES string of the molecule is CC1(C)Oc2ccc(C#N)cc2C(Sc2cc[nH]c(=O)c2)C1(C)O. The third-order valence-electron chi connectivity index (χ3n) is 4.52. The fourth-order valence-corrected chi connectivity index (χ4v) is 4.14. The van der Waals surface area contributed by atoms with Crippen LogP contribution in [0.3, 0.4) is 0 Å². The van der Waals surface area contributed by atoms with Crippen LogP contribution in [0.1, 0.15) is 37.1 Å². The topological polar surface area (TPSA) is 86.1 Å². The number of hydrogen-bond acceptors (Lipinski definition) is 5. The number of benzene rings is 1. The van der Waals surface area contributed by atoms with Crippen LogP contribution in [0.25, 0.3) is 0 Å². The average molecular weight is 342 g/mol. The number of nitrogens with one attached hydrogen (secondary N) is 1. The molecule has 2 N–H and O–H groups in total. The largest absolute Gasteiger partial charge is 0.484 e. The highest BCUT2D eigenvalue weighted by Crippen LogP contribution is 2.54. The Morgan fingerprint density at radius 3 is 2.71 bits per heavy atom. The van der Waals surface area contributed by atoms with Gasteiger partial charge in [-0.25, -0.2) is 0 Å². The summed E-state index contributed by atoms with van der Waals surface area (Å²) in [6.45, 7) is 5.39. The van der Waals surface area contributed by atoms with Gasteiger partial charge in [-0.3, -0.25) is 4.79 Å². The van der Waals surface area contributed by atoms with Crippen molar-refractivity contribution in [1.29, 1.82) is 5.26 Å². The van der Waals surface area contributed by atoms with E-state index in [1.807, 2.05) is 13.8 Å². The first-order chi connectivity index (χ1) is 11.2.